The van der Waals surface area contributed by atoms with E-state index in [1.54, 1.807) is 0 Å². The van der Waals surface area contributed by atoms with E-state index in [2.05, 4.69) is 36.2 Å². The fraction of sp³-hybridized carbons (Fsp3) is 0.708. The molecule has 0 unspecified atom stereocenters. The molecule has 2 aromatic rings. The Morgan fingerprint density at radius 1 is 0.975 bits per heavy atom. The molecule has 2 saturated heterocycles. The summed E-state index contributed by atoms with van der Waals surface area (Å²) in [6.07, 6.45) is 0.148. The summed E-state index contributed by atoms with van der Waals surface area (Å²) in [5.74, 6) is -0.208. The minimum absolute atomic E-state index is 0. The fourth-order valence-corrected chi connectivity index (χ4v) is 4.73. The number of nitrogens with two attached hydrogens (primary N) is 1. The van der Waals surface area contributed by atoms with Gasteiger partial charge in [-0.05, 0) is 12.8 Å². The first kappa shape index (κ1) is 32.1. The van der Waals surface area contributed by atoms with E-state index in [0.29, 0.717) is 43.6 Å². The average Bonchev–Trinajstić information content (AvgIpc) is 3.48. The Balaban J connectivity index is 0.00000441. The Labute approximate surface area is 243 Å². The molecule has 15 nitrogen and oxygen atoms in total. The minimum atomic E-state index is -1.43. The van der Waals surface area contributed by atoms with Crippen LogP contribution in [0.1, 0.15) is 31.9 Å². The van der Waals surface area contributed by atoms with Crippen LogP contribution in [0, 0.1) is 0 Å². The molecule has 4 rings (SSSR count). The number of nitrogens with zero attached hydrogens (tertiary/aromatic N) is 5. The number of carbonyl (C=O) groups is 2. The van der Waals surface area contributed by atoms with Crippen LogP contribution >= 0.6 is 0 Å². The van der Waals surface area contributed by atoms with E-state index in [-0.39, 0.29) is 28.8 Å². The van der Waals surface area contributed by atoms with Crippen LogP contribution in [0.5, 0.6) is 0 Å². The number of amides is 2. The number of carbonyl (C=O) groups excluding carboxylic acids is 2. The number of rotatable bonds is 8. The molecule has 224 valence electrons. The molecule has 8 N–H and O–H groups in total. The molecule has 2 fully saturated rings. The van der Waals surface area contributed by atoms with Crippen LogP contribution in [-0.2, 0) is 31.4 Å². The van der Waals surface area contributed by atoms with Crippen molar-refractivity contribution < 1.29 is 41.6 Å². The third-order valence-electron chi connectivity index (χ3n) is 6.95. The molecule has 0 spiro atoms. The zero-order chi connectivity index (χ0) is 27.6. The third kappa shape index (κ3) is 8.30. The standard InChI is InChI=1S/C24H40N10O5.Fe/c25-21-17-22(31-14-30-21)34(15-32-17)24-19(37)18(36)20(39-24)23(38)29-5-3-1-2-4-16(35)33-12-10-27-8-6-26-7-9-28-11-13-33;/h14-15,18-20,24,26-28,36-37H,1-13H2,(H,29,38)(H2,25,30,31);/t18-,19+,20-,24+;/m0./s1. The van der Waals surface area contributed by atoms with Gasteiger partial charge in [-0.25, -0.2) is 15.0 Å². The first-order valence-corrected chi connectivity index (χ1v) is 13.6. The summed E-state index contributed by atoms with van der Waals surface area (Å²) in [5.41, 5.74) is 6.47. The summed E-state index contributed by atoms with van der Waals surface area (Å²) in [6.45, 7) is 6.83. The van der Waals surface area contributed by atoms with Crippen molar-refractivity contribution in [3.63, 3.8) is 0 Å². The van der Waals surface area contributed by atoms with Crippen LogP contribution in [0.15, 0.2) is 12.7 Å². The Morgan fingerprint density at radius 2 is 1.65 bits per heavy atom. The molecule has 2 aliphatic heterocycles. The van der Waals surface area contributed by atoms with E-state index < -0.39 is 30.4 Å². The van der Waals surface area contributed by atoms with Crippen LogP contribution in [0.2, 0.25) is 0 Å². The van der Waals surface area contributed by atoms with Crippen molar-refractivity contribution in [2.24, 2.45) is 0 Å². The summed E-state index contributed by atoms with van der Waals surface area (Å²) in [7, 11) is 0. The van der Waals surface area contributed by atoms with Crippen LogP contribution < -0.4 is 27.0 Å². The molecule has 4 atom stereocenters. The average molecular weight is 604 g/mol. The second-order valence-electron chi connectivity index (χ2n) is 9.74. The van der Waals surface area contributed by atoms with Crippen molar-refractivity contribution in [3.05, 3.63) is 12.7 Å². The Hall–Kier alpha value is -2.43. The number of aliphatic hydroxyl groups is 2. The molecule has 16 heteroatoms. The van der Waals surface area contributed by atoms with Gasteiger partial charge in [-0.3, -0.25) is 14.2 Å². The van der Waals surface area contributed by atoms with Crippen molar-refractivity contribution >= 4 is 28.8 Å². The smallest absolute Gasteiger partial charge is 0.252 e. The summed E-state index contributed by atoms with van der Waals surface area (Å²) < 4.78 is 7.14. The maximum Gasteiger partial charge on any atom is 0.252 e. The van der Waals surface area contributed by atoms with Crippen LogP contribution in [0.4, 0.5) is 5.82 Å². The minimum Gasteiger partial charge on any atom is -0.387 e. The number of aromatic nitrogens is 4. The van der Waals surface area contributed by atoms with Gasteiger partial charge in [-0.1, -0.05) is 6.42 Å². The first-order chi connectivity index (χ1) is 19.0. The van der Waals surface area contributed by atoms with Gasteiger partial charge in [0.1, 0.15) is 24.1 Å². The van der Waals surface area contributed by atoms with Crippen LogP contribution in [-0.4, -0.2) is 124 Å². The molecule has 4 heterocycles. The van der Waals surface area contributed by atoms with Crippen LogP contribution in [0.25, 0.3) is 11.2 Å². The second kappa shape index (κ2) is 16.1. The van der Waals surface area contributed by atoms with Crippen molar-refractivity contribution in [1.29, 1.82) is 0 Å². The van der Waals surface area contributed by atoms with E-state index in [1.807, 2.05) is 4.90 Å². The predicted molar refractivity (Wildman–Crippen MR) is 142 cm³/mol. The largest absolute Gasteiger partial charge is 0.387 e. The Bertz CT molecular complexity index is 1080. The molecule has 0 aromatic carbocycles. The van der Waals surface area contributed by atoms with E-state index in [4.69, 9.17) is 10.5 Å². The zero-order valence-corrected chi connectivity index (χ0v) is 23.5. The van der Waals surface area contributed by atoms with Gasteiger partial charge in [0.25, 0.3) is 5.91 Å². The van der Waals surface area contributed by atoms with Crippen molar-refractivity contribution in [2.75, 3.05) is 64.6 Å². The molecule has 0 bridgehead atoms. The van der Waals surface area contributed by atoms with Gasteiger partial charge in [0.15, 0.2) is 23.8 Å². The molecule has 0 radical (unpaired) electrons. The summed E-state index contributed by atoms with van der Waals surface area (Å²) >= 11 is 0. The molecule has 2 aliphatic rings. The number of hydrogen-bond donors (Lipinski definition) is 7. The van der Waals surface area contributed by atoms with Gasteiger partial charge in [-0.2, -0.15) is 0 Å². The number of fused-ring (bicyclic) bond motifs is 1. The SMILES string of the molecule is Nc1ncnc2c1ncn2[C@@H]1O[C@H](C(=O)NCCCCCC(=O)N2CCNCCNCCNCC2)[C@@H](O)[C@H]1O.[Fe]. The van der Waals surface area contributed by atoms with Gasteiger partial charge in [0, 0.05) is 82.4 Å². The normalized spacial score (nSPS) is 24.6. The molecule has 0 aliphatic carbocycles. The van der Waals surface area contributed by atoms with Gasteiger partial charge in [-0.15, -0.1) is 0 Å². The van der Waals surface area contributed by atoms with Crippen molar-refractivity contribution in [2.45, 2.75) is 50.2 Å². The number of unbranched alkanes of at least 4 members (excludes halogenated alkanes) is 2. The number of ether oxygens (including phenoxy) is 1. The molecular weight excluding hydrogens is 564 g/mol. The van der Waals surface area contributed by atoms with Crippen LogP contribution in [0.3, 0.4) is 0 Å². The molecule has 0 saturated carbocycles. The number of nitrogen functional groups attached to an aromatic ring is 1. The van der Waals surface area contributed by atoms with E-state index in [0.717, 1.165) is 52.1 Å². The summed E-state index contributed by atoms with van der Waals surface area (Å²) in [4.78, 5) is 39.5. The van der Waals surface area contributed by atoms with Crippen molar-refractivity contribution in [3.8, 4) is 0 Å². The van der Waals surface area contributed by atoms with E-state index >= 15 is 0 Å². The maximum atomic E-state index is 12.7. The molecule has 40 heavy (non-hydrogen) atoms. The fourth-order valence-electron chi connectivity index (χ4n) is 4.73. The van der Waals surface area contributed by atoms with Gasteiger partial charge in [0.05, 0.1) is 6.33 Å². The third-order valence-corrected chi connectivity index (χ3v) is 6.95. The Morgan fingerprint density at radius 3 is 2.35 bits per heavy atom. The van der Waals surface area contributed by atoms with Gasteiger partial charge in [0.2, 0.25) is 5.91 Å². The number of imidazole rings is 1. The Kier molecular flexibility index (Phi) is 12.9. The number of hydrogen-bond acceptors (Lipinski definition) is 12. The summed E-state index contributed by atoms with van der Waals surface area (Å²) in [6, 6.07) is 0. The van der Waals surface area contributed by atoms with Gasteiger partial charge < -0.3 is 46.9 Å². The molecular formula is C24H40FeN10O5. The number of aliphatic hydroxyl groups excluding tert-OH is 2. The summed E-state index contributed by atoms with van der Waals surface area (Å²) in [5, 5.41) is 33.8. The number of anilines is 1. The zero-order valence-electron chi connectivity index (χ0n) is 22.4. The second-order valence-corrected chi connectivity index (χ2v) is 9.74. The topological polar surface area (TPSA) is 205 Å². The van der Waals surface area contributed by atoms with Gasteiger partial charge >= 0.3 is 0 Å². The van der Waals surface area contributed by atoms with E-state index in [9.17, 15) is 19.8 Å². The monoisotopic (exact) mass is 604 g/mol. The predicted octanol–water partition coefficient (Wildman–Crippen LogP) is -2.69. The molecule has 2 amide bonds. The molecule has 2 aromatic heterocycles. The number of nitrogens with one attached hydrogen (secondary N) is 4. The first-order valence-electron chi connectivity index (χ1n) is 13.6. The van der Waals surface area contributed by atoms with E-state index in [1.165, 1.54) is 17.2 Å². The quantitative estimate of drug-likeness (QED) is 0.122. The van der Waals surface area contributed by atoms with Crippen molar-refractivity contribution in [1.82, 2.24) is 45.7 Å². The maximum absolute atomic E-state index is 12.7.